The molecule has 1 amide bonds. The fourth-order valence-electron chi connectivity index (χ4n) is 3.59. The highest BCUT2D eigenvalue weighted by molar-refractivity contribution is 5.93. The first-order chi connectivity index (χ1) is 18.2. The second kappa shape index (κ2) is 15.6. The Morgan fingerprint density at radius 1 is 1.00 bits per heavy atom. The van der Waals surface area contributed by atoms with Crippen molar-refractivity contribution in [2.45, 2.75) is 33.2 Å². The van der Waals surface area contributed by atoms with Crippen molar-refractivity contribution in [1.29, 1.82) is 0 Å². The number of hydrogen-bond acceptors (Lipinski definition) is 6. The van der Waals surface area contributed by atoms with Crippen LogP contribution in [0, 0.1) is 25.7 Å². The smallest absolute Gasteiger partial charge is 0.238 e. The number of hydrogen-bond donors (Lipinski definition) is 4. The maximum absolute atomic E-state index is 12.1. The molecule has 0 saturated carbocycles. The van der Waals surface area contributed by atoms with Crippen molar-refractivity contribution >= 4 is 22.6 Å². The predicted octanol–water partition coefficient (Wildman–Crippen LogP) is 4.82. The Balaban J connectivity index is 0.00000115. The van der Waals surface area contributed by atoms with Crippen LogP contribution in [0.3, 0.4) is 0 Å². The molecule has 0 saturated heterocycles. The molecule has 0 fully saturated rings. The lowest BCUT2D eigenvalue weighted by Crippen LogP contribution is -2.28. The van der Waals surface area contributed by atoms with Gasteiger partial charge >= 0.3 is 0 Å². The fraction of sp³-hybridized carbons (Fsp3) is 0.276. The maximum Gasteiger partial charge on any atom is 0.238 e. The van der Waals surface area contributed by atoms with E-state index in [2.05, 4.69) is 65.5 Å². The van der Waals surface area contributed by atoms with Gasteiger partial charge in [-0.25, -0.2) is 9.97 Å². The SMILES string of the molecule is C#C.C#C.CCCNCC(=O)Nc1cccc(-c2cnc(-c3cccc4[nH]c(CNCCC)nc34)o2)c1. The highest BCUT2D eigenvalue weighted by Crippen LogP contribution is 2.31. The molecule has 4 aromatic rings. The third kappa shape index (κ3) is 8.08. The van der Waals surface area contributed by atoms with Crippen LogP contribution >= 0.6 is 0 Å². The van der Waals surface area contributed by atoms with Crippen molar-refractivity contribution in [2.24, 2.45) is 0 Å². The van der Waals surface area contributed by atoms with Gasteiger partial charge in [0, 0.05) is 11.3 Å². The zero-order valence-corrected chi connectivity index (χ0v) is 21.4. The standard InChI is InChI=1S/C25H30N6O2.2C2H2/c1-3-11-26-15-22-30-20-10-6-9-19(24(20)31-22)25-28-14-21(33-25)17-7-5-8-18(13-17)29-23(32)16-27-12-4-2;2*1-2/h5-10,13-14,26-27H,3-4,11-12,15-16H2,1-2H3,(H,29,32)(H,30,31);2*1-2H. The third-order valence-electron chi connectivity index (χ3n) is 5.16. The topological polar surface area (TPSA) is 108 Å². The van der Waals surface area contributed by atoms with E-state index in [9.17, 15) is 4.79 Å². The van der Waals surface area contributed by atoms with Crippen molar-refractivity contribution in [1.82, 2.24) is 25.6 Å². The average molecular weight is 499 g/mol. The number of benzene rings is 2. The van der Waals surface area contributed by atoms with Gasteiger partial charge in [-0.3, -0.25) is 4.79 Å². The zero-order valence-electron chi connectivity index (χ0n) is 21.4. The molecule has 0 bridgehead atoms. The van der Waals surface area contributed by atoms with E-state index in [1.807, 2.05) is 42.5 Å². The van der Waals surface area contributed by atoms with Crippen LogP contribution < -0.4 is 16.0 Å². The van der Waals surface area contributed by atoms with Crippen LogP contribution in [0.15, 0.2) is 53.1 Å². The van der Waals surface area contributed by atoms with Crippen molar-refractivity contribution < 1.29 is 9.21 Å². The number of rotatable bonds is 11. The number of H-pyrrole nitrogens is 1. The first-order valence-corrected chi connectivity index (χ1v) is 12.1. The van der Waals surface area contributed by atoms with E-state index >= 15 is 0 Å². The number of amides is 1. The Hall–Kier alpha value is -4.37. The minimum Gasteiger partial charge on any atom is -0.436 e. The number of imidazole rings is 1. The Morgan fingerprint density at radius 3 is 2.49 bits per heavy atom. The highest BCUT2D eigenvalue weighted by atomic mass is 16.4. The summed E-state index contributed by atoms with van der Waals surface area (Å²) in [5, 5.41) is 9.38. The monoisotopic (exact) mass is 498 g/mol. The first kappa shape index (κ1) is 28.9. The molecule has 0 atom stereocenters. The molecule has 2 aromatic heterocycles. The van der Waals surface area contributed by atoms with Gasteiger partial charge in [0.25, 0.3) is 0 Å². The summed E-state index contributed by atoms with van der Waals surface area (Å²) in [4.78, 5) is 24.7. The van der Waals surface area contributed by atoms with Crippen LogP contribution in [-0.4, -0.2) is 40.5 Å². The molecule has 37 heavy (non-hydrogen) atoms. The Bertz CT molecular complexity index is 1300. The number of nitrogens with zero attached hydrogens (tertiary/aromatic N) is 2. The van der Waals surface area contributed by atoms with Crippen LogP contribution in [0.2, 0.25) is 0 Å². The lowest BCUT2D eigenvalue weighted by Gasteiger charge is -2.07. The molecule has 192 valence electrons. The minimum atomic E-state index is -0.0756. The lowest BCUT2D eigenvalue weighted by atomic mass is 10.1. The van der Waals surface area contributed by atoms with Crippen molar-refractivity contribution in [3.8, 4) is 48.5 Å². The van der Waals surface area contributed by atoms with Crippen LogP contribution in [0.4, 0.5) is 5.69 Å². The molecule has 2 heterocycles. The van der Waals surface area contributed by atoms with E-state index in [1.165, 1.54) is 0 Å². The maximum atomic E-state index is 12.1. The van der Waals surface area contributed by atoms with Crippen LogP contribution in [0.5, 0.6) is 0 Å². The molecule has 2 aromatic carbocycles. The number of carbonyl (C=O) groups is 1. The molecular formula is C29H34N6O2. The molecule has 0 radical (unpaired) electrons. The van der Waals surface area contributed by atoms with E-state index in [4.69, 9.17) is 9.40 Å². The fourth-order valence-corrected chi connectivity index (χ4v) is 3.59. The molecule has 0 aliphatic heterocycles. The number of anilines is 1. The van der Waals surface area contributed by atoms with Gasteiger partial charge in [-0.05, 0) is 50.2 Å². The van der Waals surface area contributed by atoms with Gasteiger partial charge in [0.1, 0.15) is 11.3 Å². The van der Waals surface area contributed by atoms with E-state index in [0.717, 1.165) is 53.9 Å². The minimum absolute atomic E-state index is 0.0756. The van der Waals surface area contributed by atoms with Crippen LogP contribution in [0.1, 0.15) is 32.5 Å². The normalized spacial score (nSPS) is 10.1. The van der Waals surface area contributed by atoms with Gasteiger partial charge in [-0.15, -0.1) is 25.7 Å². The summed E-state index contributed by atoms with van der Waals surface area (Å²) in [6.45, 7) is 6.93. The third-order valence-corrected chi connectivity index (χ3v) is 5.16. The molecule has 0 aliphatic carbocycles. The average Bonchev–Trinajstić information content (AvgIpc) is 3.59. The highest BCUT2D eigenvalue weighted by Gasteiger charge is 2.15. The summed E-state index contributed by atoms with van der Waals surface area (Å²) in [5.41, 5.74) is 4.17. The molecule has 0 unspecified atom stereocenters. The number of fused-ring (bicyclic) bond motifs is 1. The van der Waals surface area contributed by atoms with Crippen LogP contribution in [-0.2, 0) is 11.3 Å². The quantitative estimate of drug-likeness (QED) is 0.174. The zero-order chi connectivity index (χ0) is 27.0. The van der Waals surface area contributed by atoms with E-state index < -0.39 is 0 Å². The summed E-state index contributed by atoms with van der Waals surface area (Å²) in [6.07, 6.45) is 19.8. The second-order valence-electron chi connectivity index (χ2n) is 7.90. The lowest BCUT2D eigenvalue weighted by molar-refractivity contribution is -0.115. The molecule has 8 nitrogen and oxygen atoms in total. The number of aromatic amines is 1. The Kier molecular flexibility index (Phi) is 12.2. The van der Waals surface area contributed by atoms with Crippen molar-refractivity contribution in [2.75, 3.05) is 25.0 Å². The van der Waals surface area contributed by atoms with Gasteiger partial charge in [0.05, 0.1) is 30.4 Å². The molecule has 8 heteroatoms. The molecule has 4 rings (SSSR count). The van der Waals surface area contributed by atoms with Gasteiger partial charge in [-0.2, -0.15) is 0 Å². The summed E-state index contributed by atoms with van der Waals surface area (Å²) >= 11 is 0. The summed E-state index contributed by atoms with van der Waals surface area (Å²) in [6, 6.07) is 13.5. The molecule has 4 N–H and O–H groups in total. The Labute approximate surface area is 218 Å². The van der Waals surface area contributed by atoms with E-state index in [1.54, 1.807) is 6.20 Å². The molecule has 0 aliphatic rings. The first-order valence-electron chi connectivity index (χ1n) is 12.1. The van der Waals surface area contributed by atoms with Crippen LogP contribution in [0.25, 0.3) is 33.8 Å². The summed E-state index contributed by atoms with van der Waals surface area (Å²) in [7, 11) is 0. The number of carbonyl (C=O) groups excluding carboxylic acids is 1. The summed E-state index contributed by atoms with van der Waals surface area (Å²) in [5.74, 6) is 1.94. The number of oxazole rings is 1. The number of terminal acetylenes is 2. The van der Waals surface area contributed by atoms with Gasteiger partial charge in [0.2, 0.25) is 11.8 Å². The number of para-hydroxylation sites is 1. The van der Waals surface area contributed by atoms with Gasteiger partial charge in [0.15, 0.2) is 5.76 Å². The second-order valence-corrected chi connectivity index (χ2v) is 7.90. The van der Waals surface area contributed by atoms with Gasteiger partial charge < -0.3 is 25.4 Å². The predicted molar refractivity (Wildman–Crippen MR) is 151 cm³/mol. The molecular weight excluding hydrogens is 464 g/mol. The largest absolute Gasteiger partial charge is 0.436 e. The Morgan fingerprint density at radius 2 is 1.73 bits per heavy atom. The van der Waals surface area contributed by atoms with Crippen molar-refractivity contribution in [3.63, 3.8) is 0 Å². The summed E-state index contributed by atoms with van der Waals surface area (Å²) < 4.78 is 6.11. The van der Waals surface area contributed by atoms with Gasteiger partial charge in [-0.1, -0.05) is 32.0 Å². The van der Waals surface area contributed by atoms with Crippen molar-refractivity contribution in [3.05, 3.63) is 54.5 Å². The van der Waals surface area contributed by atoms with E-state index in [-0.39, 0.29) is 12.5 Å². The number of aromatic nitrogens is 3. The number of nitrogens with one attached hydrogen (secondary N) is 4. The molecule has 0 spiro atoms. The van der Waals surface area contributed by atoms with E-state index in [0.29, 0.717) is 23.9 Å².